The van der Waals surface area contributed by atoms with Crippen LogP contribution in [0.25, 0.3) is 0 Å². The highest BCUT2D eigenvalue weighted by Gasteiger charge is 2.27. The molecule has 0 aliphatic heterocycles. The number of carbonyl (C=O) groups excluding carboxylic acids is 1. The maximum absolute atomic E-state index is 12.1. The zero-order chi connectivity index (χ0) is 18.9. The SMILES string of the molecule is CC(C)(C)CCCC[C@H](NC(=O)O)[C@H](O)C(=O)NCc1cccnc1. The first-order valence-corrected chi connectivity index (χ1v) is 8.53. The quantitative estimate of drug-likeness (QED) is 0.510. The standard InChI is InChI=1S/C18H29N3O4/c1-18(2,3)9-5-4-8-14(21-17(24)25)15(22)16(23)20-12-13-7-6-10-19-11-13/h6-7,10-11,14-15,21-22H,4-5,8-9,12H2,1-3H3,(H,20,23)(H,24,25)/t14-,15-/m0/s1. The van der Waals surface area contributed by atoms with Crippen LogP contribution in [0.5, 0.6) is 0 Å². The summed E-state index contributed by atoms with van der Waals surface area (Å²) in [5.74, 6) is -0.599. The molecule has 0 aliphatic rings. The molecule has 1 aromatic heterocycles. The largest absolute Gasteiger partial charge is 0.465 e. The maximum Gasteiger partial charge on any atom is 0.404 e. The van der Waals surface area contributed by atoms with Crippen molar-refractivity contribution in [3.05, 3.63) is 30.1 Å². The third-order valence-electron chi connectivity index (χ3n) is 3.84. The average Bonchev–Trinajstić information content (AvgIpc) is 2.54. The van der Waals surface area contributed by atoms with Crippen molar-refractivity contribution in [1.82, 2.24) is 15.6 Å². The van der Waals surface area contributed by atoms with Crippen LogP contribution in [0.2, 0.25) is 0 Å². The fraction of sp³-hybridized carbons (Fsp3) is 0.611. The third kappa shape index (κ3) is 9.05. The van der Waals surface area contributed by atoms with Gasteiger partial charge in [0.15, 0.2) is 6.10 Å². The molecule has 7 heteroatoms. The van der Waals surface area contributed by atoms with Crippen molar-refractivity contribution in [2.45, 2.75) is 65.1 Å². The lowest BCUT2D eigenvalue weighted by molar-refractivity contribution is -0.130. The molecule has 2 atom stereocenters. The van der Waals surface area contributed by atoms with Crippen LogP contribution in [-0.4, -0.2) is 39.3 Å². The zero-order valence-electron chi connectivity index (χ0n) is 15.2. The summed E-state index contributed by atoms with van der Waals surface area (Å²) in [7, 11) is 0. The van der Waals surface area contributed by atoms with Crippen molar-refractivity contribution in [1.29, 1.82) is 0 Å². The summed E-state index contributed by atoms with van der Waals surface area (Å²) in [6, 6.07) is 2.73. The normalized spacial score (nSPS) is 13.8. The number of nitrogens with zero attached hydrogens (tertiary/aromatic N) is 1. The molecule has 140 valence electrons. The van der Waals surface area contributed by atoms with Crippen molar-refractivity contribution in [2.75, 3.05) is 0 Å². The van der Waals surface area contributed by atoms with E-state index in [9.17, 15) is 14.7 Å². The summed E-state index contributed by atoms with van der Waals surface area (Å²) < 4.78 is 0. The van der Waals surface area contributed by atoms with Gasteiger partial charge in [0.2, 0.25) is 0 Å². The Balaban J connectivity index is 2.51. The molecule has 0 aliphatic carbocycles. The fourth-order valence-electron chi connectivity index (χ4n) is 2.47. The minimum absolute atomic E-state index is 0.204. The number of hydrogen-bond acceptors (Lipinski definition) is 4. The van der Waals surface area contributed by atoms with E-state index >= 15 is 0 Å². The summed E-state index contributed by atoms with van der Waals surface area (Å²) >= 11 is 0. The lowest BCUT2D eigenvalue weighted by Gasteiger charge is -2.23. The second kappa shape index (κ2) is 9.98. The molecule has 1 rings (SSSR count). The van der Waals surface area contributed by atoms with Gasteiger partial charge in [-0.2, -0.15) is 0 Å². The van der Waals surface area contributed by atoms with Crippen molar-refractivity contribution in [2.24, 2.45) is 5.41 Å². The summed E-state index contributed by atoms with van der Waals surface area (Å²) in [4.78, 5) is 27.0. The van der Waals surface area contributed by atoms with Crippen LogP contribution in [0.3, 0.4) is 0 Å². The molecule has 1 heterocycles. The second-order valence-electron chi connectivity index (χ2n) is 7.39. The lowest BCUT2D eigenvalue weighted by atomic mass is 9.89. The van der Waals surface area contributed by atoms with Crippen LogP contribution in [0.4, 0.5) is 4.79 Å². The number of nitrogens with one attached hydrogen (secondary N) is 2. The molecule has 7 nitrogen and oxygen atoms in total. The van der Waals surface area contributed by atoms with Crippen LogP contribution < -0.4 is 10.6 Å². The van der Waals surface area contributed by atoms with E-state index in [1.54, 1.807) is 24.5 Å². The molecule has 0 aromatic carbocycles. The highest BCUT2D eigenvalue weighted by Crippen LogP contribution is 2.22. The summed E-state index contributed by atoms with van der Waals surface area (Å²) in [6.45, 7) is 6.65. The molecule has 25 heavy (non-hydrogen) atoms. The number of rotatable bonds is 9. The predicted octanol–water partition coefficient (Wildman–Crippen LogP) is 2.30. The van der Waals surface area contributed by atoms with Crippen molar-refractivity contribution in [3.8, 4) is 0 Å². The zero-order valence-corrected chi connectivity index (χ0v) is 15.2. The number of pyridine rings is 1. The number of aliphatic hydroxyl groups is 1. The van der Waals surface area contributed by atoms with Gasteiger partial charge in [-0.05, 0) is 29.9 Å². The number of amides is 2. The van der Waals surface area contributed by atoms with Gasteiger partial charge in [-0.1, -0.05) is 39.7 Å². The van der Waals surface area contributed by atoms with E-state index in [0.717, 1.165) is 24.8 Å². The molecule has 0 unspecified atom stereocenters. The van der Waals surface area contributed by atoms with Gasteiger partial charge in [-0.15, -0.1) is 0 Å². The highest BCUT2D eigenvalue weighted by atomic mass is 16.4. The Labute approximate surface area is 148 Å². The molecule has 0 fully saturated rings. The van der Waals surface area contributed by atoms with Gasteiger partial charge >= 0.3 is 6.09 Å². The second-order valence-corrected chi connectivity index (χ2v) is 7.39. The van der Waals surface area contributed by atoms with E-state index < -0.39 is 24.1 Å². The van der Waals surface area contributed by atoms with E-state index in [1.165, 1.54) is 0 Å². The fourth-order valence-corrected chi connectivity index (χ4v) is 2.47. The molecule has 0 radical (unpaired) electrons. The average molecular weight is 351 g/mol. The monoisotopic (exact) mass is 351 g/mol. The van der Waals surface area contributed by atoms with Gasteiger partial charge in [0.25, 0.3) is 5.91 Å². The summed E-state index contributed by atoms with van der Waals surface area (Å²) in [5, 5.41) is 24.0. The molecular formula is C18H29N3O4. The van der Waals surface area contributed by atoms with Gasteiger partial charge in [0.1, 0.15) is 0 Å². The van der Waals surface area contributed by atoms with Crippen LogP contribution in [0, 0.1) is 5.41 Å². The van der Waals surface area contributed by atoms with Gasteiger partial charge in [-0.25, -0.2) is 4.79 Å². The van der Waals surface area contributed by atoms with Gasteiger partial charge < -0.3 is 20.8 Å². The maximum atomic E-state index is 12.1. The number of aliphatic hydroxyl groups excluding tert-OH is 1. The minimum Gasteiger partial charge on any atom is -0.465 e. The van der Waals surface area contributed by atoms with Gasteiger partial charge in [0.05, 0.1) is 6.04 Å². The van der Waals surface area contributed by atoms with Crippen LogP contribution in [0.15, 0.2) is 24.5 Å². The lowest BCUT2D eigenvalue weighted by Crippen LogP contribution is -2.50. The van der Waals surface area contributed by atoms with E-state index in [4.69, 9.17) is 5.11 Å². The number of carbonyl (C=O) groups is 2. The van der Waals surface area contributed by atoms with Crippen LogP contribution in [0.1, 0.15) is 52.0 Å². The van der Waals surface area contributed by atoms with Gasteiger partial charge in [-0.3, -0.25) is 9.78 Å². The molecule has 1 aromatic rings. The van der Waals surface area contributed by atoms with E-state index in [0.29, 0.717) is 6.42 Å². The van der Waals surface area contributed by atoms with Crippen LogP contribution >= 0.6 is 0 Å². The Hall–Kier alpha value is -2.15. The minimum atomic E-state index is -1.43. The molecule has 4 N–H and O–H groups in total. The highest BCUT2D eigenvalue weighted by molar-refractivity contribution is 5.82. The van der Waals surface area contributed by atoms with Crippen molar-refractivity contribution in [3.63, 3.8) is 0 Å². The number of aromatic nitrogens is 1. The van der Waals surface area contributed by atoms with E-state index in [2.05, 4.69) is 36.4 Å². The first-order valence-electron chi connectivity index (χ1n) is 8.53. The Morgan fingerprint density at radius 1 is 1.28 bits per heavy atom. The molecule has 0 bridgehead atoms. The molecule has 0 saturated heterocycles. The van der Waals surface area contributed by atoms with Crippen LogP contribution in [-0.2, 0) is 11.3 Å². The molecule has 2 amide bonds. The van der Waals surface area contributed by atoms with E-state index in [1.807, 2.05) is 0 Å². The molecule has 0 saturated carbocycles. The Morgan fingerprint density at radius 3 is 2.56 bits per heavy atom. The summed E-state index contributed by atoms with van der Waals surface area (Å²) in [6.07, 6.45) is 3.61. The number of hydrogen-bond donors (Lipinski definition) is 4. The molecule has 0 spiro atoms. The van der Waals surface area contributed by atoms with Crippen molar-refractivity contribution < 1.29 is 19.8 Å². The topological polar surface area (TPSA) is 112 Å². The smallest absolute Gasteiger partial charge is 0.404 e. The first-order chi connectivity index (χ1) is 11.7. The number of unbranched alkanes of at least 4 members (excludes halogenated alkanes) is 1. The molecular weight excluding hydrogens is 322 g/mol. The Kier molecular flexibility index (Phi) is 8.34. The van der Waals surface area contributed by atoms with Crippen molar-refractivity contribution >= 4 is 12.0 Å². The first kappa shape index (κ1) is 20.9. The predicted molar refractivity (Wildman–Crippen MR) is 95.0 cm³/mol. The third-order valence-corrected chi connectivity index (χ3v) is 3.84. The van der Waals surface area contributed by atoms with E-state index in [-0.39, 0.29) is 12.0 Å². The Morgan fingerprint density at radius 2 is 2.00 bits per heavy atom. The number of carboxylic acid groups (broad SMARTS) is 1. The Bertz CT molecular complexity index is 543. The van der Waals surface area contributed by atoms with Gasteiger partial charge in [0, 0.05) is 18.9 Å². The summed E-state index contributed by atoms with van der Waals surface area (Å²) in [5.41, 5.74) is 1.01.